The molecule has 1 fully saturated rings. The lowest BCUT2D eigenvalue weighted by atomic mass is 9.73. The Balaban J connectivity index is 1.89. The minimum absolute atomic E-state index is 0.131. The van der Waals surface area contributed by atoms with E-state index in [0.717, 1.165) is 0 Å². The number of aliphatic carboxylic acids is 1. The number of aryl methyl sites for hydroxylation is 1. The van der Waals surface area contributed by atoms with Crippen LogP contribution in [0.25, 0.3) is 10.9 Å². The van der Waals surface area contributed by atoms with Crippen LogP contribution < -0.4 is 5.32 Å². The summed E-state index contributed by atoms with van der Waals surface area (Å²) in [5, 5.41) is 15.9. The van der Waals surface area contributed by atoms with Gasteiger partial charge in [-0.25, -0.2) is 4.39 Å². The minimum atomic E-state index is -0.974. The number of anilines is 1. The van der Waals surface area contributed by atoms with Crippen molar-refractivity contribution in [2.45, 2.75) is 12.8 Å². The van der Waals surface area contributed by atoms with Crippen molar-refractivity contribution in [1.29, 1.82) is 0 Å². The number of halogens is 1. The van der Waals surface area contributed by atoms with Crippen LogP contribution in [0.4, 0.5) is 10.2 Å². The number of carbonyl (C=O) groups excluding carboxylic acids is 1. The molecule has 110 valence electrons. The SMILES string of the molecule is Cn1nc(NC(=O)[C@@H]2CC[C@@H]2C(=O)O)c2c(F)cccc21. The van der Waals surface area contributed by atoms with Gasteiger partial charge in [0.15, 0.2) is 5.82 Å². The lowest BCUT2D eigenvalue weighted by Crippen LogP contribution is -2.41. The van der Waals surface area contributed by atoms with Crippen molar-refractivity contribution in [3.63, 3.8) is 0 Å². The molecule has 21 heavy (non-hydrogen) atoms. The Morgan fingerprint density at radius 2 is 2.10 bits per heavy atom. The molecule has 1 aromatic heterocycles. The van der Waals surface area contributed by atoms with Crippen LogP contribution in [0.5, 0.6) is 0 Å². The van der Waals surface area contributed by atoms with Gasteiger partial charge in [0, 0.05) is 7.05 Å². The molecule has 3 rings (SSSR count). The molecule has 2 aromatic rings. The van der Waals surface area contributed by atoms with Crippen LogP contribution in [0.15, 0.2) is 18.2 Å². The first-order valence-electron chi connectivity index (χ1n) is 6.64. The van der Waals surface area contributed by atoms with Crippen molar-refractivity contribution in [1.82, 2.24) is 9.78 Å². The van der Waals surface area contributed by atoms with Gasteiger partial charge in [-0.15, -0.1) is 0 Å². The van der Waals surface area contributed by atoms with Crippen molar-refractivity contribution in [3.05, 3.63) is 24.0 Å². The molecule has 2 atom stereocenters. The maximum absolute atomic E-state index is 13.9. The van der Waals surface area contributed by atoms with E-state index in [0.29, 0.717) is 18.4 Å². The summed E-state index contributed by atoms with van der Waals surface area (Å²) < 4.78 is 15.4. The summed E-state index contributed by atoms with van der Waals surface area (Å²) in [4.78, 5) is 23.1. The van der Waals surface area contributed by atoms with E-state index < -0.39 is 29.5 Å². The van der Waals surface area contributed by atoms with E-state index in [2.05, 4.69) is 10.4 Å². The fraction of sp³-hybridized carbons (Fsp3) is 0.357. The Bertz CT molecular complexity index is 740. The molecule has 0 saturated heterocycles. The molecular formula is C14H14FN3O3. The number of nitrogens with zero attached hydrogens (tertiary/aromatic N) is 2. The summed E-state index contributed by atoms with van der Waals surface area (Å²) in [6, 6.07) is 4.56. The van der Waals surface area contributed by atoms with Crippen molar-refractivity contribution in [2.24, 2.45) is 18.9 Å². The minimum Gasteiger partial charge on any atom is -0.481 e. The van der Waals surface area contributed by atoms with Gasteiger partial charge in [-0.05, 0) is 25.0 Å². The zero-order valence-corrected chi connectivity index (χ0v) is 11.3. The molecule has 7 heteroatoms. The van der Waals surface area contributed by atoms with Crippen molar-refractivity contribution >= 4 is 28.6 Å². The number of nitrogens with one attached hydrogen (secondary N) is 1. The molecule has 1 aromatic carbocycles. The Morgan fingerprint density at radius 3 is 2.71 bits per heavy atom. The van der Waals surface area contributed by atoms with E-state index in [9.17, 15) is 14.0 Å². The fourth-order valence-corrected chi connectivity index (χ4v) is 2.68. The summed E-state index contributed by atoms with van der Waals surface area (Å²) in [6.07, 6.45) is 1.01. The number of carbonyl (C=O) groups is 2. The third kappa shape index (κ3) is 2.14. The predicted octanol–water partition coefficient (Wildman–Crippen LogP) is 1.76. The molecule has 1 heterocycles. The summed E-state index contributed by atoms with van der Waals surface area (Å²) in [7, 11) is 1.65. The van der Waals surface area contributed by atoms with Crippen LogP contribution in [0.1, 0.15) is 12.8 Å². The maximum Gasteiger partial charge on any atom is 0.307 e. The van der Waals surface area contributed by atoms with Crippen molar-refractivity contribution in [3.8, 4) is 0 Å². The molecule has 0 spiro atoms. The molecule has 0 aliphatic heterocycles. The van der Waals surface area contributed by atoms with E-state index in [1.54, 1.807) is 19.2 Å². The van der Waals surface area contributed by atoms with Crippen molar-refractivity contribution < 1.29 is 19.1 Å². The molecule has 1 amide bonds. The number of aromatic nitrogens is 2. The van der Waals surface area contributed by atoms with E-state index >= 15 is 0 Å². The van der Waals surface area contributed by atoms with Gasteiger partial charge in [-0.1, -0.05) is 6.07 Å². The fourth-order valence-electron chi connectivity index (χ4n) is 2.68. The van der Waals surface area contributed by atoms with E-state index in [1.807, 2.05) is 0 Å². The first kappa shape index (κ1) is 13.5. The highest BCUT2D eigenvalue weighted by molar-refractivity contribution is 6.02. The summed E-state index contributed by atoms with van der Waals surface area (Å²) in [5.41, 5.74) is 0.564. The van der Waals surface area contributed by atoms with Crippen LogP contribution in [-0.2, 0) is 16.6 Å². The topological polar surface area (TPSA) is 84.2 Å². The lowest BCUT2D eigenvalue weighted by Gasteiger charge is -2.31. The standard InChI is InChI=1S/C14H14FN3O3/c1-18-10-4-2-3-9(15)11(10)12(17-18)16-13(19)7-5-6-8(7)14(20)21/h2-4,7-8H,5-6H2,1H3,(H,20,21)(H,16,17,19)/t7-,8+/m1/s1. The third-order valence-electron chi connectivity index (χ3n) is 4.00. The van der Waals surface area contributed by atoms with Gasteiger partial charge in [-0.3, -0.25) is 14.3 Å². The monoisotopic (exact) mass is 291 g/mol. The Labute approximate surface area is 119 Å². The summed E-state index contributed by atoms with van der Waals surface area (Å²) in [6.45, 7) is 0. The number of fused-ring (bicyclic) bond motifs is 1. The molecule has 1 saturated carbocycles. The van der Waals surface area contributed by atoms with Gasteiger partial charge in [0.05, 0.1) is 22.7 Å². The maximum atomic E-state index is 13.9. The Hall–Kier alpha value is -2.44. The van der Waals surface area contributed by atoms with Gasteiger partial charge in [-0.2, -0.15) is 5.10 Å². The lowest BCUT2D eigenvalue weighted by molar-refractivity contribution is -0.151. The molecule has 6 nitrogen and oxygen atoms in total. The van der Waals surface area contributed by atoms with Crippen LogP contribution in [-0.4, -0.2) is 26.8 Å². The molecule has 1 aliphatic rings. The number of carboxylic acid groups (broad SMARTS) is 1. The van der Waals surface area contributed by atoms with Crippen LogP contribution in [0, 0.1) is 17.7 Å². The number of benzene rings is 1. The molecular weight excluding hydrogens is 277 g/mol. The quantitative estimate of drug-likeness (QED) is 0.902. The number of hydrogen-bond donors (Lipinski definition) is 2. The van der Waals surface area contributed by atoms with Gasteiger partial charge >= 0.3 is 5.97 Å². The zero-order chi connectivity index (χ0) is 15.1. The number of hydrogen-bond acceptors (Lipinski definition) is 3. The zero-order valence-electron chi connectivity index (χ0n) is 11.3. The van der Waals surface area contributed by atoms with Gasteiger partial charge < -0.3 is 10.4 Å². The van der Waals surface area contributed by atoms with Crippen molar-refractivity contribution in [2.75, 3.05) is 5.32 Å². The van der Waals surface area contributed by atoms with Crippen LogP contribution in [0.3, 0.4) is 0 Å². The highest BCUT2D eigenvalue weighted by Crippen LogP contribution is 2.36. The number of rotatable bonds is 3. The molecule has 2 N–H and O–H groups in total. The average Bonchev–Trinajstić information content (AvgIpc) is 2.65. The largest absolute Gasteiger partial charge is 0.481 e. The summed E-state index contributed by atoms with van der Waals surface area (Å²) >= 11 is 0. The van der Waals surface area contributed by atoms with Gasteiger partial charge in [0.25, 0.3) is 0 Å². The third-order valence-corrected chi connectivity index (χ3v) is 4.00. The number of carboxylic acids is 1. The van der Waals surface area contributed by atoms with Crippen LogP contribution in [0.2, 0.25) is 0 Å². The normalized spacial score (nSPS) is 21.0. The molecule has 0 unspecified atom stereocenters. The molecule has 0 radical (unpaired) electrons. The predicted molar refractivity (Wildman–Crippen MR) is 73.2 cm³/mol. The Kier molecular flexibility index (Phi) is 3.12. The molecule has 0 bridgehead atoms. The summed E-state index contributed by atoms with van der Waals surface area (Å²) in [5.74, 6) is -2.97. The second-order valence-electron chi connectivity index (χ2n) is 5.22. The van der Waals surface area contributed by atoms with E-state index in [-0.39, 0.29) is 11.2 Å². The highest BCUT2D eigenvalue weighted by Gasteiger charge is 2.41. The first-order valence-corrected chi connectivity index (χ1v) is 6.64. The smallest absolute Gasteiger partial charge is 0.307 e. The van der Waals surface area contributed by atoms with Crippen LogP contribution >= 0.6 is 0 Å². The van der Waals surface area contributed by atoms with Gasteiger partial charge in [0.1, 0.15) is 5.82 Å². The second-order valence-corrected chi connectivity index (χ2v) is 5.22. The second kappa shape index (κ2) is 4.83. The average molecular weight is 291 g/mol. The number of amides is 1. The van der Waals surface area contributed by atoms with Gasteiger partial charge in [0.2, 0.25) is 5.91 Å². The highest BCUT2D eigenvalue weighted by atomic mass is 19.1. The first-order chi connectivity index (χ1) is 9.99. The van der Waals surface area contributed by atoms with E-state index in [4.69, 9.17) is 5.11 Å². The Morgan fingerprint density at radius 1 is 1.38 bits per heavy atom. The molecule has 1 aliphatic carbocycles. The van der Waals surface area contributed by atoms with E-state index in [1.165, 1.54) is 10.7 Å².